The van der Waals surface area contributed by atoms with Gasteiger partial charge in [0.1, 0.15) is 6.04 Å². The number of rotatable bonds is 14. The minimum atomic E-state index is -3.98. The molecule has 0 bridgehead atoms. The van der Waals surface area contributed by atoms with Crippen LogP contribution >= 0.6 is 0 Å². The predicted octanol–water partition coefficient (Wildman–Crippen LogP) is 5.97. The lowest BCUT2D eigenvalue weighted by atomic mass is 9.97. The van der Waals surface area contributed by atoms with Crippen molar-refractivity contribution in [3.63, 3.8) is 0 Å². The van der Waals surface area contributed by atoms with E-state index in [0.717, 1.165) is 57.5 Å². The Morgan fingerprint density at radius 1 is 0.839 bits per heavy atom. The fourth-order valence-electron chi connectivity index (χ4n) is 7.39. The lowest BCUT2D eigenvalue weighted by molar-refractivity contribution is -0.252. The zero-order valence-electron chi connectivity index (χ0n) is 31.5. The average molecular weight is 776 g/mol. The molecule has 0 spiro atoms. The molecule has 4 N–H and O–H groups in total. The van der Waals surface area contributed by atoms with Crippen molar-refractivity contribution in [1.29, 1.82) is 0 Å². The van der Waals surface area contributed by atoms with Gasteiger partial charge in [-0.15, -0.1) is 0 Å². The van der Waals surface area contributed by atoms with Crippen molar-refractivity contribution in [2.45, 2.75) is 74.9 Å². The minimum Gasteiger partial charge on any atom is -0.392 e. The molecule has 11 heteroatoms. The van der Waals surface area contributed by atoms with E-state index in [0.29, 0.717) is 19.5 Å². The SMILES string of the molecule is Cc1ccc(S(=O)(=O)NC(Cc2ccccc2)C(=O)NCc2ccccc2-c2ccc(C3OC(CN4CCC(O)C4)CC(c4ccc(CO)cc4)O3)cc2)cc1. The number of carbonyl (C=O) groups is 1. The molecule has 0 saturated carbocycles. The van der Waals surface area contributed by atoms with Crippen LogP contribution in [0.1, 0.15) is 58.6 Å². The van der Waals surface area contributed by atoms with Crippen molar-refractivity contribution in [2.75, 3.05) is 19.6 Å². The lowest BCUT2D eigenvalue weighted by Crippen LogP contribution is -2.47. The molecule has 5 aromatic carbocycles. The number of hydrogen-bond acceptors (Lipinski definition) is 8. The van der Waals surface area contributed by atoms with Gasteiger partial charge in [0.15, 0.2) is 6.29 Å². The highest BCUT2D eigenvalue weighted by molar-refractivity contribution is 7.89. The van der Waals surface area contributed by atoms with Crippen LogP contribution in [0.4, 0.5) is 0 Å². The number of carbonyl (C=O) groups excluding carboxylic acids is 1. The van der Waals surface area contributed by atoms with Gasteiger partial charge in [0.05, 0.1) is 29.8 Å². The van der Waals surface area contributed by atoms with E-state index in [1.54, 1.807) is 12.1 Å². The van der Waals surface area contributed by atoms with Crippen LogP contribution in [-0.4, -0.2) is 67.3 Å². The highest BCUT2D eigenvalue weighted by Crippen LogP contribution is 2.39. The van der Waals surface area contributed by atoms with E-state index in [4.69, 9.17) is 9.47 Å². The Labute approximate surface area is 329 Å². The second-order valence-electron chi connectivity index (χ2n) is 14.7. The minimum absolute atomic E-state index is 0.0237. The van der Waals surface area contributed by atoms with Crippen LogP contribution in [0, 0.1) is 6.92 Å². The Bertz CT molecular complexity index is 2160. The summed E-state index contributed by atoms with van der Waals surface area (Å²) >= 11 is 0. The zero-order valence-corrected chi connectivity index (χ0v) is 32.3. The summed E-state index contributed by atoms with van der Waals surface area (Å²) in [7, 11) is -3.98. The van der Waals surface area contributed by atoms with Gasteiger partial charge >= 0.3 is 0 Å². The highest BCUT2D eigenvalue weighted by Gasteiger charge is 2.34. The molecule has 5 unspecified atom stereocenters. The largest absolute Gasteiger partial charge is 0.392 e. The number of ether oxygens (including phenoxy) is 2. The second kappa shape index (κ2) is 18.0. The Balaban J connectivity index is 1.06. The van der Waals surface area contributed by atoms with Crippen LogP contribution in [0.5, 0.6) is 0 Å². The number of β-amino-alcohol motifs (C(OH)–C–C–N with tert-alkyl or cyclic N) is 1. The van der Waals surface area contributed by atoms with Crippen LogP contribution < -0.4 is 10.0 Å². The van der Waals surface area contributed by atoms with Gasteiger partial charge in [-0.3, -0.25) is 9.69 Å². The number of aliphatic hydroxyl groups excluding tert-OH is 2. The fraction of sp³-hybridized carbons (Fsp3) is 0.311. The topological polar surface area (TPSA) is 137 Å². The molecule has 2 fully saturated rings. The molecule has 5 aromatic rings. The number of amides is 1. The highest BCUT2D eigenvalue weighted by atomic mass is 32.2. The van der Waals surface area contributed by atoms with E-state index in [2.05, 4.69) is 14.9 Å². The van der Waals surface area contributed by atoms with Crippen LogP contribution in [0.3, 0.4) is 0 Å². The number of likely N-dealkylation sites (tertiary alicyclic amines) is 1. The van der Waals surface area contributed by atoms with E-state index < -0.39 is 28.3 Å². The monoisotopic (exact) mass is 775 g/mol. The first-order valence-electron chi connectivity index (χ1n) is 19.1. The number of aryl methyl sites for hydroxylation is 1. The number of nitrogens with one attached hydrogen (secondary N) is 2. The molecule has 2 aliphatic heterocycles. The third-order valence-electron chi connectivity index (χ3n) is 10.5. The zero-order chi connectivity index (χ0) is 39.1. The molecular weight excluding hydrogens is 727 g/mol. The van der Waals surface area contributed by atoms with Crippen molar-refractivity contribution in [1.82, 2.24) is 14.9 Å². The van der Waals surface area contributed by atoms with E-state index in [9.17, 15) is 23.4 Å². The standard InChI is InChI=1S/C45H49N3O7S/c1-31-11-21-40(22-12-31)56(52,53)47-42(25-32-7-3-2-4-8-32)44(51)46-27-37-9-5-6-10-41(37)34-17-19-36(20-18-34)45-54-39(29-48-24-23-38(50)28-48)26-43(55-45)35-15-13-33(30-49)14-16-35/h2-22,38-39,42-43,45,47,49-50H,23-30H2,1H3,(H,46,51). The number of sulfonamides is 1. The van der Waals surface area contributed by atoms with Crippen molar-refractivity contribution < 1.29 is 32.9 Å². The Hall–Kier alpha value is -4.72. The summed E-state index contributed by atoms with van der Waals surface area (Å²) in [5, 5.41) is 22.7. The van der Waals surface area contributed by atoms with Crippen LogP contribution in [0.15, 0.2) is 132 Å². The summed E-state index contributed by atoms with van der Waals surface area (Å²) in [6.45, 7) is 4.20. The number of hydrogen-bond donors (Lipinski definition) is 4. The van der Waals surface area contributed by atoms with Crippen LogP contribution in [-0.2, 0) is 43.9 Å². The van der Waals surface area contributed by atoms with E-state index >= 15 is 0 Å². The van der Waals surface area contributed by atoms with Crippen molar-refractivity contribution >= 4 is 15.9 Å². The lowest BCUT2D eigenvalue weighted by Gasteiger charge is -2.38. The summed E-state index contributed by atoms with van der Waals surface area (Å²) in [6.07, 6.45) is 0.348. The molecule has 7 rings (SSSR count). The molecule has 2 heterocycles. The maximum absolute atomic E-state index is 13.8. The van der Waals surface area contributed by atoms with Gasteiger partial charge < -0.3 is 25.0 Å². The first kappa shape index (κ1) is 39.5. The first-order chi connectivity index (χ1) is 27.1. The molecule has 5 atom stereocenters. The molecule has 0 radical (unpaired) electrons. The Kier molecular flexibility index (Phi) is 12.7. The van der Waals surface area contributed by atoms with Crippen molar-refractivity contribution in [3.8, 4) is 11.1 Å². The van der Waals surface area contributed by atoms with Crippen LogP contribution in [0.2, 0.25) is 0 Å². The second-order valence-corrected chi connectivity index (χ2v) is 16.4. The van der Waals surface area contributed by atoms with E-state index in [-0.39, 0.29) is 42.8 Å². The molecular formula is C45H49N3O7S. The number of nitrogens with zero attached hydrogens (tertiary/aromatic N) is 1. The van der Waals surface area contributed by atoms with Gasteiger partial charge in [0.25, 0.3) is 0 Å². The van der Waals surface area contributed by atoms with Gasteiger partial charge in [-0.25, -0.2) is 8.42 Å². The molecule has 292 valence electrons. The summed E-state index contributed by atoms with van der Waals surface area (Å²) in [4.78, 5) is 16.1. The third kappa shape index (κ3) is 9.98. The van der Waals surface area contributed by atoms with Gasteiger partial charge in [-0.2, -0.15) is 4.72 Å². The molecule has 2 saturated heterocycles. The van der Waals surface area contributed by atoms with Crippen LogP contribution in [0.25, 0.3) is 11.1 Å². The van der Waals surface area contributed by atoms with Gasteiger partial charge in [0, 0.05) is 38.2 Å². The predicted molar refractivity (Wildman–Crippen MR) is 215 cm³/mol. The average Bonchev–Trinajstić information content (AvgIpc) is 3.64. The maximum Gasteiger partial charge on any atom is 0.241 e. The summed E-state index contributed by atoms with van der Waals surface area (Å²) in [6, 6.07) is 38.5. The van der Waals surface area contributed by atoms with E-state index in [1.165, 1.54) is 12.1 Å². The molecule has 1 amide bonds. The maximum atomic E-state index is 13.8. The van der Waals surface area contributed by atoms with E-state index in [1.807, 2.05) is 110 Å². The quantitative estimate of drug-likeness (QED) is 0.108. The number of benzene rings is 5. The molecule has 0 aromatic heterocycles. The summed E-state index contributed by atoms with van der Waals surface area (Å²) in [5.41, 5.74) is 7.23. The van der Waals surface area contributed by atoms with Crippen molar-refractivity contribution in [2.24, 2.45) is 0 Å². The molecule has 0 aliphatic carbocycles. The van der Waals surface area contributed by atoms with Gasteiger partial charge in [0.2, 0.25) is 15.9 Å². The summed E-state index contributed by atoms with van der Waals surface area (Å²) < 4.78 is 42.6. The van der Waals surface area contributed by atoms with Gasteiger partial charge in [-0.05, 0) is 65.3 Å². The third-order valence-corrected chi connectivity index (χ3v) is 12.0. The number of aliphatic hydroxyl groups is 2. The molecule has 10 nitrogen and oxygen atoms in total. The molecule has 56 heavy (non-hydrogen) atoms. The first-order valence-corrected chi connectivity index (χ1v) is 20.6. The Morgan fingerprint density at radius 2 is 1.54 bits per heavy atom. The normalized spacial score (nSPS) is 20.8. The summed E-state index contributed by atoms with van der Waals surface area (Å²) in [5.74, 6) is -0.431. The fourth-order valence-corrected chi connectivity index (χ4v) is 8.59. The van der Waals surface area contributed by atoms with Crippen molar-refractivity contribution in [3.05, 3.63) is 161 Å². The van der Waals surface area contributed by atoms with Gasteiger partial charge in [-0.1, -0.05) is 121 Å². The smallest absolute Gasteiger partial charge is 0.241 e. The molecule has 2 aliphatic rings. The Morgan fingerprint density at radius 3 is 2.23 bits per heavy atom.